The molecule has 2 aromatic carbocycles. The summed E-state index contributed by atoms with van der Waals surface area (Å²) in [5, 5.41) is 3.24. The van der Waals surface area contributed by atoms with Crippen LogP contribution in [0.4, 0.5) is 17.1 Å². The van der Waals surface area contributed by atoms with E-state index in [0.29, 0.717) is 5.69 Å². The van der Waals surface area contributed by atoms with Gasteiger partial charge in [0.2, 0.25) is 0 Å². The summed E-state index contributed by atoms with van der Waals surface area (Å²) < 4.78 is 11.4. The Kier molecular flexibility index (Phi) is 4.16. The van der Waals surface area contributed by atoms with Crippen molar-refractivity contribution >= 4 is 33.0 Å². The molecule has 2 aromatic rings. The molecule has 100 valence electrons. The lowest BCUT2D eigenvalue weighted by Gasteiger charge is -2.12. The highest BCUT2D eigenvalue weighted by Gasteiger charge is 2.04. The number of halogens is 1. The third-order valence-electron chi connectivity index (χ3n) is 2.64. The Morgan fingerprint density at radius 1 is 1.00 bits per heavy atom. The van der Waals surface area contributed by atoms with Gasteiger partial charge in [0.1, 0.15) is 11.5 Å². The highest BCUT2D eigenvalue weighted by Crippen LogP contribution is 2.31. The maximum Gasteiger partial charge on any atom is 0.124 e. The van der Waals surface area contributed by atoms with Gasteiger partial charge in [0, 0.05) is 28.4 Å². The molecule has 0 radical (unpaired) electrons. The van der Waals surface area contributed by atoms with Gasteiger partial charge in [0.15, 0.2) is 0 Å². The van der Waals surface area contributed by atoms with Crippen LogP contribution in [-0.4, -0.2) is 14.2 Å². The molecule has 0 aromatic heterocycles. The van der Waals surface area contributed by atoms with Crippen molar-refractivity contribution in [1.82, 2.24) is 0 Å². The topological polar surface area (TPSA) is 56.5 Å². The van der Waals surface area contributed by atoms with E-state index in [1.807, 2.05) is 36.4 Å². The maximum atomic E-state index is 5.96. The van der Waals surface area contributed by atoms with Crippen molar-refractivity contribution in [3.8, 4) is 11.5 Å². The molecule has 0 atom stereocenters. The van der Waals surface area contributed by atoms with Crippen LogP contribution in [0.3, 0.4) is 0 Å². The summed E-state index contributed by atoms with van der Waals surface area (Å²) in [6.07, 6.45) is 0. The number of anilines is 3. The molecule has 0 spiro atoms. The Bertz CT molecular complexity index is 565. The minimum absolute atomic E-state index is 0.663. The van der Waals surface area contributed by atoms with Crippen LogP contribution < -0.4 is 20.5 Å². The number of nitrogens with one attached hydrogen (secondary N) is 1. The first kappa shape index (κ1) is 13.5. The number of nitrogen functional groups attached to an aromatic ring is 1. The van der Waals surface area contributed by atoms with Crippen molar-refractivity contribution in [3.05, 3.63) is 40.9 Å². The summed E-state index contributed by atoms with van der Waals surface area (Å²) in [5.74, 6) is 1.44. The fourth-order valence-corrected chi connectivity index (χ4v) is 2.06. The zero-order chi connectivity index (χ0) is 13.8. The normalized spacial score (nSPS) is 10.1. The van der Waals surface area contributed by atoms with E-state index < -0.39 is 0 Å². The summed E-state index contributed by atoms with van der Waals surface area (Å²) in [4.78, 5) is 0. The predicted molar refractivity (Wildman–Crippen MR) is 81.4 cm³/mol. The van der Waals surface area contributed by atoms with Gasteiger partial charge < -0.3 is 20.5 Å². The van der Waals surface area contributed by atoms with Crippen LogP contribution in [-0.2, 0) is 0 Å². The van der Waals surface area contributed by atoms with Crippen molar-refractivity contribution in [1.29, 1.82) is 0 Å². The highest BCUT2D eigenvalue weighted by atomic mass is 79.9. The van der Waals surface area contributed by atoms with E-state index in [0.717, 1.165) is 27.3 Å². The molecule has 0 fully saturated rings. The van der Waals surface area contributed by atoms with Gasteiger partial charge in [-0.2, -0.15) is 0 Å². The zero-order valence-electron chi connectivity index (χ0n) is 10.7. The summed E-state index contributed by atoms with van der Waals surface area (Å²) >= 11 is 3.38. The van der Waals surface area contributed by atoms with Gasteiger partial charge in [-0.15, -0.1) is 0 Å². The van der Waals surface area contributed by atoms with Gasteiger partial charge in [-0.1, -0.05) is 15.9 Å². The van der Waals surface area contributed by atoms with Crippen LogP contribution in [0.1, 0.15) is 0 Å². The standard InChI is InChI=1S/C14H15BrN2O2/c1-18-11-6-10(7-12(8-11)19-2)17-14-4-3-9(15)5-13(14)16/h3-8,17H,16H2,1-2H3. The molecule has 0 aliphatic carbocycles. The Hall–Kier alpha value is -1.88. The minimum Gasteiger partial charge on any atom is -0.497 e. The number of ether oxygens (including phenoxy) is 2. The summed E-state index contributed by atoms with van der Waals surface area (Å²) in [6.45, 7) is 0. The molecule has 0 amide bonds. The Morgan fingerprint density at radius 3 is 2.16 bits per heavy atom. The highest BCUT2D eigenvalue weighted by molar-refractivity contribution is 9.10. The lowest BCUT2D eigenvalue weighted by atomic mass is 10.2. The molecular weight excluding hydrogens is 308 g/mol. The molecule has 5 heteroatoms. The van der Waals surface area contributed by atoms with Crippen molar-refractivity contribution in [2.75, 3.05) is 25.3 Å². The number of hydrogen-bond donors (Lipinski definition) is 2. The molecule has 0 bridgehead atoms. The average molecular weight is 323 g/mol. The summed E-state index contributed by atoms with van der Waals surface area (Å²) in [6, 6.07) is 11.3. The van der Waals surface area contributed by atoms with E-state index in [1.54, 1.807) is 14.2 Å². The average Bonchev–Trinajstić information content (AvgIpc) is 2.41. The zero-order valence-corrected chi connectivity index (χ0v) is 12.3. The van der Waals surface area contributed by atoms with E-state index >= 15 is 0 Å². The molecule has 4 nitrogen and oxygen atoms in total. The second kappa shape index (κ2) is 5.84. The summed E-state index contributed by atoms with van der Waals surface area (Å²) in [7, 11) is 3.24. The van der Waals surface area contributed by atoms with Gasteiger partial charge in [-0.05, 0) is 18.2 Å². The molecule has 0 heterocycles. The van der Waals surface area contributed by atoms with Gasteiger partial charge in [-0.25, -0.2) is 0 Å². The van der Waals surface area contributed by atoms with Crippen molar-refractivity contribution in [2.24, 2.45) is 0 Å². The molecule has 0 aliphatic heterocycles. The number of benzene rings is 2. The number of nitrogens with two attached hydrogens (primary N) is 1. The SMILES string of the molecule is COc1cc(Nc2ccc(Br)cc2N)cc(OC)c1. The molecular formula is C14H15BrN2O2. The first-order chi connectivity index (χ1) is 9.12. The Balaban J connectivity index is 2.31. The van der Waals surface area contributed by atoms with Crippen LogP contribution in [0.5, 0.6) is 11.5 Å². The fourth-order valence-electron chi connectivity index (χ4n) is 1.68. The van der Waals surface area contributed by atoms with Crippen LogP contribution in [0.2, 0.25) is 0 Å². The largest absolute Gasteiger partial charge is 0.497 e. The van der Waals surface area contributed by atoms with Crippen LogP contribution >= 0.6 is 15.9 Å². The number of rotatable bonds is 4. The number of hydrogen-bond acceptors (Lipinski definition) is 4. The quantitative estimate of drug-likeness (QED) is 0.841. The van der Waals surface area contributed by atoms with Gasteiger partial charge >= 0.3 is 0 Å². The smallest absolute Gasteiger partial charge is 0.124 e. The molecule has 0 unspecified atom stereocenters. The van der Waals surface area contributed by atoms with E-state index in [1.165, 1.54) is 0 Å². The lowest BCUT2D eigenvalue weighted by Crippen LogP contribution is -1.97. The lowest BCUT2D eigenvalue weighted by molar-refractivity contribution is 0.395. The fraction of sp³-hybridized carbons (Fsp3) is 0.143. The number of methoxy groups -OCH3 is 2. The molecule has 0 saturated carbocycles. The van der Waals surface area contributed by atoms with Crippen molar-refractivity contribution in [2.45, 2.75) is 0 Å². The molecule has 19 heavy (non-hydrogen) atoms. The van der Waals surface area contributed by atoms with E-state index in [-0.39, 0.29) is 0 Å². The first-order valence-electron chi connectivity index (χ1n) is 5.67. The van der Waals surface area contributed by atoms with Gasteiger partial charge in [0.25, 0.3) is 0 Å². The molecule has 2 rings (SSSR count). The molecule has 3 N–H and O–H groups in total. The Morgan fingerprint density at radius 2 is 1.63 bits per heavy atom. The van der Waals surface area contributed by atoms with Crippen LogP contribution in [0, 0.1) is 0 Å². The van der Waals surface area contributed by atoms with Crippen molar-refractivity contribution < 1.29 is 9.47 Å². The van der Waals surface area contributed by atoms with Crippen molar-refractivity contribution in [3.63, 3.8) is 0 Å². The first-order valence-corrected chi connectivity index (χ1v) is 6.47. The predicted octanol–water partition coefficient (Wildman–Crippen LogP) is 3.79. The third-order valence-corrected chi connectivity index (χ3v) is 3.14. The molecule has 0 aliphatic rings. The second-order valence-corrected chi connectivity index (χ2v) is 4.87. The van der Waals surface area contributed by atoms with E-state index in [4.69, 9.17) is 15.2 Å². The Labute approximate surface area is 120 Å². The molecule has 0 saturated heterocycles. The van der Waals surface area contributed by atoms with Gasteiger partial charge in [0.05, 0.1) is 25.6 Å². The summed E-state index contributed by atoms with van der Waals surface area (Å²) in [5.41, 5.74) is 8.30. The van der Waals surface area contributed by atoms with Crippen LogP contribution in [0.25, 0.3) is 0 Å². The van der Waals surface area contributed by atoms with Gasteiger partial charge in [-0.3, -0.25) is 0 Å². The monoisotopic (exact) mass is 322 g/mol. The third kappa shape index (κ3) is 3.32. The maximum absolute atomic E-state index is 5.96. The van der Waals surface area contributed by atoms with E-state index in [9.17, 15) is 0 Å². The minimum atomic E-state index is 0.663. The van der Waals surface area contributed by atoms with Crippen LogP contribution in [0.15, 0.2) is 40.9 Å². The van der Waals surface area contributed by atoms with E-state index in [2.05, 4.69) is 21.2 Å². The second-order valence-electron chi connectivity index (χ2n) is 3.96.